The van der Waals surface area contributed by atoms with Crippen LogP contribution in [0.15, 0.2) is 42.5 Å². The molecule has 25 heavy (non-hydrogen) atoms. The summed E-state index contributed by atoms with van der Waals surface area (Å²) in [6.45, 7) is 0. The van der Waals surface area contributed by atoms with Crippen molar-refractivity contribution in [1.82, 2.24) is 5.32 Å². The van der Waals surface area contributed by atoms with Crippen molar-refractivity contribution in [2.45, 2.75) is 31.7 Å². The number of hydrogen-bond acceptors (Lipinski definition) is 2. The van der Waals surface area contributed by atoms with Gasteiger partial charge in [-0.1, -0.05) is 18.9 Å². The van der Waals surface area contributed by atoms with Crippen molar-refractivity contribution >= 4 is 17.5 Å². The fourth-order valence-electron chi connectivity index (χ4n) is 2.93. The molecule has 6 heteroatoms. The lowest BCUT2D eigenvalue weighted by atomic mass is 10.1. The Morgan fingerprint density at radius 2 is 1.60 bits per heavy atom. The predicted molar refractivity (Wildman–Crippen MR) is 90.5 cm³/mol. The summed E-state index contributed by atoms with van der Waals surface area (Å²) in [5.41, 5.74) is 0.481. The lowest BCUT2D eigenvalue weighted by Gasteiger charge is -2.12. The Morgan fingerprint density at radius 3 is 2.28 bits per heavy atom. The number of anilines is 1. The molecule has 1 fully saturated rings. The van der Waals surface area contributed by atoms with Crippen molar-refractivity contribution in [3.05, 3.63) is 65.2 Å². The fourth-order valence-corrected chi connectivity index (χ4v) is 2.93. The molecule has 4 nitrogen and oxygen atoms in total. The first kappa shape index (κ1) is 17.1. The van der Waals surface area contributed by atoms with Gasteiger partial charge in [-0.15, -0.1) is 0 Å². The first-order valence-corrected chi connectivity index (χ1v) is 8.20. The molecule has 0 saturated heterocycles. The maximum Gasteiger partial charge on any atom is 0.255 e. The van der Waals surface area contributed by atoms with E-state index in [1.165, 1.54) is 12.1 Å². The van der Waals surface area contributed by atoms with Crippen LogP contribution in [0.3, 0.4) is 0 Å². The highest BCUT2D eigenvalue weighted by Crippen LogP contribution is 2.19. The molecular weight excluding hydrogens is 326 g/mol. The lowest BCUT2D eigenvalue weighted by molar-refractivity contribution is 0.0938. The Morgan fingerprint density at radius 1 is 0.920 bits per heavy atom. The monoisotopic (exact) mass is 344 g/mol. The highest BCUT2D eigenvalue weighted by Gasteiger charge is 2.19. The predicted octanol–water partition coefficient (Wildman–Crippen LogP) is 3.89. The molecule has 0 unspecified atom stereocenters. The second-order valence-corrected chi connectivity index (χ2v) is 6.11. The summed E-state index contributed by atoms with van der Waals surface area (Å²) in [6.07, 6.45) is 4.15. The van der Waals surface area contributed by atoms with E-state index in [1.54, 1.807) is 12.1 Å². The maximum atomic E-state index is 13.6. The van der Waals surface area contributed by atoms with Crippen LogP contribution in [0.4, 0.5) is 14.5 Å². The van der Waals surface area contributed by atoms with E-state index in [0.29, 0.717) is 11.6 Å². The molecule has 1 aliphatic carbocycles. The van der Waals surface area contributed by atoms with Crippen LogP contribution < -0.4 is 10.6 Å². The number of rotatable bonds is 4. The van der Waals surface area contributed by atoms with Gasteiger partial charge in [-0.2, -0.15) is 0 Å². The van der Waals surface area contributed by atoms with Gasteiger partial charge in [0.2, 0.25) is 0 Å². The zero-order valence-electron chi connectivity index (χ0n) is 13.5. The first-order valence-electron chi connectivity index (χ1n) is 8.20. The Labute approximate surface area is 144 Å². The van der Waals surface area contributed by atoms with Gasteiger partial charge in [-0.25, -0.2) is 8.78 Å². The molecule has 0 aliphatic heterocycles. The van der Waals surface area contributed by atoms with Gasteiger partial charge in [-0.05, 0) is 43.2 Å². The molecule has 3 rings (SSSR count). The maximum absolute atomic E-state index is 13.6. The van der Waals surface area contributed by atoms with E-state index in [1.807, 2.05) is 0 Å². The average molecular weight is 344 g/mol. The van der Waals surface area contributed by atoms with E-state index in [4.69, 9.17) is 0 Å². The van der Waals surface area contributed by atoms with Gasteiger partial charge in [0.25, 0.3) is 11.8 Å². The van der Waals surface area contributed by atoms with Crippen LogP contribution >= 0.6 is 0 Å². The van der Waals surface area contributed by atoms with Crippen LogP contribution in [-0.4, -0.2) is 17.9 Å². The van der Waals surface area contributed by atoms with E-state index in [0.717, 1.165) is 37.8 Å². The van der Waals surface area contributed by atoms with Gasteiger partial charge in [0.1, 0.15) is 11.6 Å². The number of hydrogen-bond donors (Lipinski definition) is 2. The molecule has 2 aromatic carbocycles. The summed E-state index contributed by atoms with van der Waals surface area (Å²) in [5.74, 6) is -2.37. The van der Waals surface area contributed by atoms with E-state index < -0.39 is 17.5 Å². The van der Waals surface area contributed by atoms with Crippen LogP contribution in [0.1, 0.15) is 46.4 Å². The van der Waals surface area contributed by atoms with Crippen LogP contribution in [-0.2, 0) is 0 Å². The number of carbonyl (C=O) groups excluding carboxylic acids is 2. The number of amides is 2. The lowest BCUT2D eigenvalue weighted by Crippen LogP contribution is -2.32. The first-order chi connectivity index (χ1) is 12.0. The Kier molecular flexibility index (Phi) is 5.07. The molecule has 0 bridgehead atoms. The third kappa shape index (κ3) is 4.21. The third-order valence-corrected chi connectivity index (χ3v) is 4.26. The van der Waals surface area contributed by atoms with E-state index in [2.05, 4.69) is 10.6 Å². The summed E-state index contributed by atoms with van der Waals surface area (Å²) in [5, 5.41) is 5.33. The molecule has 1 aliphatic rings. The fraction of sp³-hybridized carbons (Fsp3) is 0.263. The molecule has 0 radical (unpaired) electrons. The molecule has 1 saturated carbocycles. The summed E-state index contributed by atoms with van der Waals surface area (Å²) in [4.78, 5) is 24.5. The Balaban J connectivity index is 1.71. The van der Waals surface area contributed by atoms with Gasteiger partial charge in [0, 0.05) is 23.2 Å². The molecule has 2 amide bonds. The van der Waals surface area contributed by atoms with Crippen LogP contribution in [0.25, 0.3) is 0 Å². The normalized spacial score (nSPS) is 14.3. The SMILES string of the molecule is O=C(Nc1ccc(F)cc1F)c1cccc(C(=O)NC2CCCC2)c1. The smallest absolute Gasteiger partial charge is 0.255 e. The zero-order chi connectivity index (χ0) is 17.8. The van der Waals surface area contributed by atoms with Crippen LogP contribution in [0, 0.1) is 11.6 Å². The van der Waals surface area contributed by atoms with Crippen LogP contribution in [0.2, 0.25) is 0 Å². The topological polar surface area (TPSA) is 58.2 Å². The number of benzene rings is 2. The van der Waals surface area contributed by atoms with Crippen molar-refractivity contribution in [2.75, 3.05) is 5.32 Å². The van der Waals surface area contributed by atoms with Crippen molar-refractivity contribution < 1.29 is 18.4 Å². The van der Waals surface area contributed by atoms with Crippen molar-refractivity contribution in [2.24, 2.45) is 0 Å². The quantitative estimate of drug-likeness (QED) is 0.884. The van der Waals surface area contributed by atoms with Crippen molar-refractivity contribution in [1.29, 1.82) is 0 Å². The van der Waals surface area contributed by atoms with Gasteiger partial charge in [0.15, 0.2) is 0 Å². The summed E-state index contributed by atoms with van der Waals surface area (Å²) in [7, 11) is 0. The molecule has 0 heterocycles. The summed E-state index contributed by atoms with van der Waals surface area (Å²) in [6, 6.07) is 9.30. The van der Waals surface area contributed by atoms with Gasteiger partial charge >= 0.3 is 0 Å². The number of carbonyl (C=O) groups is 2. The van der Waals surface area contributed by atoms with Crippen molar-refractivity contribution in [3.63, 3.8) is 0 Å². The minimum Gasteiger partial charge on any atom is -0.349 e. The summed E-state index contributed by atoms with van der Waals surface area (Å²) < 4.78 is 26.6. The largest absolute Gasteiger partial charge is 0.349 e. The molecule has 2 aromatic rings. The molecule has 130 valence electrons. The minimum absolute atomic E-state index is 0.118. The van der Waals surface area contributed by atoms with Crippen LogP contribution in [0.5, 0.6) is 0 Å². The Bertz CT molecular complexity index is 802. The second kappa shape index (κ2) is 7.42. The summed E-state index contributed by atoms with van der Waals surface area (Å²) >= 11 is 0. The zero-order valence-corrected chi connectivity index (χ0v) is 13.5. The Hall–Kier alpha value is -2.76. The second-order valence-electron chi connectivity index (χ2n) is 6.11. The molecule has 2 N–H and O–H groups in total. The average Bonchev–Trinajstić information content (AvgIpc) is 3.10. The molecule has 0 aromatic heterocycles. The molecule has 0 spiro atoms. The third-order valence-electron chi connectivity index (χ3n) is 4.26. The van der Waals surface area contributed by atoms with E-state index >= 15 is 0 Å². The highest BCUT2D eigenvalue weighted by atomic mass is 19.1. The van der Waals surface area contributed by atoms with E-state index in [9.17, 15) is 18.4 Å². The number of halogens is 2. The molecular formula is C19H18F2N2O2. The standard InChI is InChI=1S/C19H18F2N2O2/c20-14-8-9-17(16(21)11-14)23-19(25)13-5-3-4-12(10-13)18(24)22-15-6-1-2-7-15/h3-5,8-11,15H,1-2,6-7H2,(H,22,24)(H,23,25). The van der Waals surface area contributed by atoms with E-state index in [-0.39, 0.29) is 23.2 Å². The van der Waals surface area contributed by atoms with Gasteiger partial charge < -0.3 is 10.6 Å². The molecule has 0 atom stereocenters. The van der Waals surface area contributed by atoms with Gasteiger partial charge in [-0.3, -0.25) is 9.59 Å². The van der Waals surface area contributed by atoms with Gasteiger partial charge in [0.05, 0.1) is 5.69 Å². The highest BCUT2D eigenvalue weighted by molar-refractivity contribution is 6.06. The number of nitrogens with one attached hydrogen (secondary N) is 2. The minimum atomic E-state index is -0.858. The van der Waals surface area contributed by atoms with Crippen molar-refractivity contribution in [3.8, 4) is 0 Å².